The second kappa shape index (κ2) is 11.9. The first-order valence-electron chi connectivity index (χ1n) is 8.02. The molecule has 0 fully saturated rings. The molecule has 1 aromatic rings. The Balaban J connectivity index is 1.83. The third-order valence-electron chi connectivity index (χ3n) is 3.44. The molecule has 20 heavy (non-hydrogen) atoms. The third kappa shape index (κ3) is 9.08. The first kappa shape index (κ1) is 17.2. The predicted octanol–water partition coefficient (Wildman–Crippen LogP) is 5.39. The lowest BCUT2D eigenvalue weighted by Crippen LogP contribution is -2.10. The summed E-state index contributed by atoms with van der Waals surface area (Å²) in [5, 5.41) is 5.40. The van der Waals surface area contributed by atoms with E-state index in [1.165, 1.54) is 69.1 Å². The zero-order chi connectivity index (χ0) is 14.5. The van der Waals surface area contributed by atoms with Crippen molar-refractivity contribution in [1.29, 1.82) is 0 Å². The number of hydrogen-bond donors (Lipinski definition) is 1. The molecule has 114 valence electrons. The molecule has 0 atom stereocenters. The monoisotopic (exact) mass is 296 g/mol. The molecule has 0 aliphatic carbocycles. The highest BCUT2D eigenvalue weighted by Gasteiger charge is 2.03. The van der Waals surface area contributed by atoms with E-state index >= 15 is 0 Å². The van der Waals surface area contributed by atoms with Crippen molar-refractivity contribution in [3.8, 4) is 0 Å². The molecule has 0 radical (unpaired) electrons. The minimum Gasteiger partial charge on any atom is -0.302 e. The molecular weight excluding hydrogens is 268 g/mol. The quantitative estimate of drug-likeness (QED) is 0.525. The van der Waals surface area contributed by atoms with Crippen molar-refractivity contribution in [3.05, 3.63) is 11.6 Å². The van der Waals surface area contributed by atoms with Crippen LogP contribution in [0.5, 0.6) is 0 Å². The first-order chi connectivity index (χ1) is 9.83. The second-order valence-corrected chi connectivity index (χ2v) is 6.21. The van der Waals surface area contributed by atoms with Gasteiger partial charge in [-0.3, -0.25) is 4.79 Å². The Kier molecular flexibility index (Phi) is 10.2. The van der Waals surface area contributed by atoms with Gasteiger partial charge in [-0.25, -0.2) is 4.98 Å². The number of carbonyl (C=O) groups is 1. The van der Waals surface area contributed by atoms with Gasteiger partial charge < -0.3 is 5.32 Å². The Hall–Kier alpha value is -0.900. The molecule has 1 heterocycles. The fourth-order valence-corrected chi connectivity index (χ4v) is 2.79. The van der Waals surface area contributed by atoms with Crippen LogP contribution in [0.1, 0.15) is 77.6 Å². The predicted molar refractivity (Wildman–Crippen MR) is 87.2 cm³/mol. The van der Waals surface area contributed by atoms with E-state index in [0.717, 1.165) is 6.42 Å². The summed E-state index contributed by atoms with van der Waals surface area (Å²) in [6, 6.07) is 0. The largest absolute Gasteiger partial charge is 0.302 e. The lowest BCUT2D eigenvalue weighted by atomic mass is 10.1. The Bertz CT molecular complexity index is 338. The molecule has 1 rings (SSSR count). The van der Waals surface area contributed by atoms with Crippen molar-refractivity contribution in [2.75, 3.05) is 5.32 Å². The molecule has 0 aliphatic heterocycles. The SMILES string of the molecule is CCCCCCCCCCCCC(=O)Nc1nccs1. The summed E-state index contributed by atoms with van der Waals surface area (Å²) in [5.41, 5.74) is 0. The van der Waals surface area contributed by atoms with Gasteiger partial charge in [0.1, 0.15) is 0 Å². The fraction of sp³-hybridized carbons (Fsp3) is 0.750. The summed E-state index contributed by atoms with van der Waals surface area (Å²) >= 11 is 1.47. The number of amides is 1. The van der Waals surface area contributed by atoms with Gasteiger partial charge in [-0.15, -0.1) is 11.3 Å². The van der Waals surface area contributed by atoms with Gasteiger partial charge in [0.2, 0.25) is 5.91 Å². The summed E-state index contributed by atoms with van der Waals surface area (Å²) in [4.78, 5) is 15.6. The van der Waals surface area contributed by atoms with Crippen molar-refractivity contribution in [3.63, 3.8) is 0 Å². The highest BCUT2D eigenvalue weighted by Crippen LogP contribution is 2.13. The van der Waals surface area contributed by atoms with Crippen molar-refractivity contribution in [1.82, 2.24) is 4.98 Å². The summed E-state index contributed by atoms with van der Waals surface area (Å²) in [7, 11) is 0. The third-order valence-corrected chi connectivity index (χ3v) is 4.12. The summed E-state index contributed by atoms with van der Waals surface area (Å²) in [6.45, 7) is 2.25. The van der Waals surface area contributed by atoms with Crippen LogP contribution in [0.4, 0.5) is 5.13 Å². The van der Waals surface area contributed by atoms with Gasteiger partial charge >= 0.3 is 0 Å². The molecule has 1 aromatic heterocycles. The molecule has 0 saturated carbocycles. The number of carbonyl (C=O) groups excluding carboxylic acids is 1. The van der Waals surface area contributed by atoms with Gasteiger partial charge in [-0.2, -0.15) is 0 Å². The standard InChI is InChI=1S/C16H28N2OS/c1-2-3-4-5-6-7-8-9-10-11-12-15(19)18-16-17-13-14-20-16/h13-14H,2-12H2,1H3,(H,17,18,19). The van der Waals surface area contributed by atoms with E-state index in [0.29, 0.717) is 11.6 Å². The normalized spacial score (nSPS) is 10.7. The van der Waals surface area contributed by atoms with Crippen LogP contribution < -0.4 is 5.32 Å². The van der Waals surface area contributed by atoms with Crippen LogP contribution in [0.15, 0.2) is 11.6 Å². The Morgan fingerprint density at radius 2 is 1.65 bits per heavy atom. The Labute approximate surface area is 127 Å². The van der Waals surface area contributed by atoms with E-state index in [4.69, 9.17) is 0 Å². The number of anilines is 1. The van der Waals surface area contributed by atoms with Crippen LogP contribution in [0.3, 0.4) is 0 Å². The van der Waals surface area contributed by atoms with Crippen molar-refractivity contribution < 1.29 is 4.79 Å². The highest BCUT2D eigenvalue weighted by atomic mass is 32.1. The van der Waals surface area contributed by atoms with Crippen LogP contribution in [0.2, 0.25) is 0 Å². The molecule has 3 nitrogen and oxygen atoms in total. The van der Waals surface area contributed by atoms with Gasteiger partial charge in [-0.1, -0.05) is 64.7 Å². The maximum Gasteiger partial charge on any atom is 0.226 e. The van der Waals surface area contributed by atoms with Crippen molar-refractivity contribution >= 4 is 22.4 Å². The number of thiazole rings is 1. The van der Waals surface area contributed by atoms with E-state index in [2.05, 4.69) is 17.2 Å². The Morgan fingerprint density at radius 1 is 1.05 bits per heavy atom. The number of rotatable bonds is 12. The van der Waals surface area contributed by atoms with Gasteiger partial charge in [0, 0.05) is 18.0 Å². The Morgan fingerprint density at radius 3 is 2.20 bits per heavy atom. The van der Waals surface area contributed by atoms with Crippen LogP contribution in [0, 0.1) is 0 Å². The molecule has 0 unspecified atom stereocenters. The molecule has 0 bridgehead atoms. The van der Waals surface area contributed by atoms with Gasteiger partial charge in [0.15, 0.2) is 5.13 Å². The summed E-state index contributed by atoms with van der Waals surface area (Å²) in [5.74, 6) is 0.0968. The lowest BCUT2D eigenvalue weighted by Gasteiger charge is -2.03. The van der Waals surface area contributed by atoms with Crippen molar-refractivity contribution in [2.24, 2.45) is 0 Å². The molecule has 0 aliphatic rings. The van der Waals surface area contributed by atoms with E-state index in [1.54, 1.807) is 6.20 Å². The molecule has 0 spiro atoms. The van der Waals surface area contributed by atoms with E-state index < -0.39 is 0 Å². The zero-order valence-electron chi connectivity index (χ0n) is 12.7. The van der Waals surface area contributed by atoms with Crippen LogP contribution in [0.25, 0.3) is 0 Å². The van der Waals surface area contributed by atoms with Gasteiger partial charge in [0.25, 0.3) is 0 Å². The van der Waals surface area contributed by atoms with Crippen molar-refractivity contribution in [2.45, 2.75) is 77.6 Å². The molecule has 1 N–H and O–H groups in total. The molecule has 4 heteroatoms. The maximum atomic E-state index is 11.6. The van der Waals surface area contributed by atoms with Gasteiger partial charge in [0.05, 0.1) is 0 Å². The first-order valence-corrected chi connectivity index (χ1v) is 8.90. The molecular formula is C16H28N2OS. The highest BCUT2D eigenvalue weighted by molar-refractivity contribution is 7.13. The van der Waals surface area contributed by atoms with Gasteiger partial charge in [-0.05, 0) is 6.42 Å². The minimum atomic E-state index is 0.0968. The topological polar surface area (TPSA) is 42.0 Å². The van der Waals surface area contributed by atoms with E-state index in [9.17, 15) is 4.79 Å². The molecule has 0 aromatic carbocycles. The summed E-state index contributed by atoms with van der Waals surface area (Å²) < 4.78 is 0. The van der Waals surface area contributed by atoms with E-state index in [-0.39, 0.29) is 5.91 Å². The van der Waals surface area contributed by atoms with Crippen LogP contribution in [-0.2, 0) is 4.79 Å². The number of nitrogens with one attached hydrogen (secondary N) is 1. The average Bonchev–Trinajstić information content (AvgIpc) is 2.93. The number of aromatic nitrogens is 1. The van der Waals surface area contributed by atoms with E-state index in [1.807, 2.05) is 5.38 Å². The lowest BCUT2D eigenvalue weighted by molar-refractivity contribution is -0.116. The van der Waals surface area contributed by atoms with Crippen LogP contribution >= 0.6 is 11.3 Å². The summed E-state index contributed by atoms with van der Waals surface area (Å²) in [6.07, 6.45) is 15.3. The number of unbranched alkanes of at least 4 members (excludes halogenated alkanes) is 9. The fourth-order valence-electron chi connectivity index (χ4n) is 2.24. The molecule has 0 saturated heterocycles. The molecule has 1 amide bonds. The van der Waals surface area contributed by atoms with Crippen LogP contribution in [-0.4, -0.2) is 10.9 Å². The smallest absolute Gasteiger partial charge is 0.226 e. The maximum absolute atomic E-state index is 11.6. The minimum absolute atomic E-state index is 0.0968. The number of hydrogen-bond acceptors (Lipinski definition) is 3. The number of nitrogens with zero attached hydrogens (tertiary/aromatic N) is 1. The second-order valence-electron chi connectivity index (χ2n) is 5.32. The average molecular weight is 296 g/mol. The zero-order valence-corrected chi connectivity index (χ0v) is 13.5.